The first-order chi connectivity index (χ1) is 7.15. The zero-order valence-electron chi connectivity index (χ0n) is 8.67. The number of hydrogen-bond donors (Lipinski definition) is 0. The van der Waals surface area contributed by atoms with Crippen molar-refractivity contribution in [3.63, 3.8) is 0 Å². The van der Waals surface area contributed by atoms with E-state index in [-0.39, 0.29) is 0 Å². The third kappa shape index (κ3) is 1.89. The third-order valence-corrected chi connectivity index (χ3v) is 7.02. The fraction of sp³-hybridized carbons (Fsp3) is 0.667. The Balaban J connectivity index is 1.76. The molecule has 0 radical (unpaired) electrons. The molecule has 0 saturated heterocycles. The summed E-state index contributed by atoms with van der Waals surface area (Å²) in [5.41, 5.74) is 1.23. The minimum Gasteiger partial charge on any atom is -0.127 e. The number of aryl methyl sites for hydroxylation is 1. The Kier molecular flexibility index (Phi) is 2.65. The second-order valence-corrected chi connectivity index (χ2v) is 7.67. The molecule has 3 heteroatoms. The van der Waals surface area contributed by atoms with Crippen molar-refractivity contribution < 1.29 is 0 Å². The Labute approximate surface area is 108 Å². The summed E-state index contributed by atoms with van der Waals surface area (Å²) < 4.78 is 0.956. The monoisotopic (exact) mass is 304 g/mol. The second kappa shape index (κ2) is 3.75. The van der Waals surface area contributed by atoms with Crippen LogP contribution in [0.4, 0.5) is 0 Å². The maximum atomic E-state index is 6.12. The van der Waals surface area contributed by atoms with Gasteiger partial charge in [-0.15, -0.1) is 11.3 Å². The van der Waals surface area contributed by atoms with Crippen LogP contribution in [0.1, 0.15) is 34.5 Å². The molecule has 3 unspecified atom stereocenters. The fourth-order valence-corrected chi connectivity index (χ4v) is 4.99. The molecule has 2 aliphatic carbocycles. The van der Waals surface area contributed by atoms with Gasteiger partial charge in [-0.25, -0.2) is 0 Å². The molecule has 2 aliphatic rings. The van der Waals surface area contributed by atoms with Gasteiger partial charge in [0.2, 0.25) is 0 Å². The average Bonchev–Trinajstić information content (AvgIpc) is 2.66. The SMILES string of the molecule is Cc1cc(C(Br)C2CC3CC3C2)sc1Cl. The van der Waals surface area contributed by atoms with Crippen LogP contribution in [-0.4, -0.2) is 0 Å². The maximum Gasteiger partial charge on any atom is 0.0960 e. The van der Waals surface area contributed by atoms with Gasteiger partial charge in [0, 0.05) is 4.88 Å². The van der Waals surface area contributed by atoms with Crippen molar-refractivity contribution in [3.8, 4) is 0 Å². The zero-order chi connectivity index (χ0) is 10.6. The Morgan fingerprint density at radius 1 is 1.40 bits per heavy atom. The fourth-order valence-electron chi connectivity index (χ4n) is 2.85. The molecule has 1 aromatic rings. The molecule has 0 amide bonds. The molecule has 0 aromatic carbocycles. The van der Waals surface area contributed by atoms with Crippen LogP contribution in [0.15, 0.2) is 6.07 Å². The standard InChI is InChI=1S/C12H14BrClS/c1-6-2-10(15-12(6)14)11(13)9-4-7-3-8(7)5-9/h2,7-9,11H,3-5H2,1H3. The van der Waals surface area contributed by atoms with E-state index in [9.17, 15) is 0 Å². The topological polar surface area (TPSA) is 0 Å². The van der Waals surface area contributed by atoms with Crippen LogP contribution in [0.25, 0.3) is 0 Å². The second-order valence-electron chi connectivity index (χ2n) is 4.99. The first-order valence-electron chi connectivity index (χ1n) is 5.55. The molecule has 0 N–H and O–H groups in total. The lowest BCUT2D eigenvalue weighted by Crippen LogP contribution is -2.03. The van der Waals surface area contributed by atoms with Crippen molar-refractivity contribution in [2.45, 2.75) is 31.0 Å². The summed E-state index contributed by atoms with van der Waals surface area (Å²) in [4.78, 5) is 1.96. The van der Waals surface area contributed by atoms with Crippen LogP contribution in [0.3, 0.4) is 0 Å². The van der Waals surface area contributed by atoms with Crippen molar-refractivity contribution in [2.24, 2.45) is 17.8 Å². The van der Waals surface area contributed by atoms with E-state index in [4.69, 9.17) is 11.6 Å². The molecule has 2 fully saturated rings. The molecular weight excluding hydrogens is 292 g/mol. The number of hydrogen-bond acceptors (Lipinski definition) is 1. The van der Waals surface area contributed by atoms with Gasteiger partial charge in [-0.1, -0.05) is 27.5 Å². The van der Waals surface area contributed by atoms with Crippen molar-refractivity contribution in [2.75, 3.05) is 0 Å². The van der Waals surface area contributed by atoms with Crippen LogP contribution in [-0.2, 0) is 0 Å². The van der Waals surface area contributed by atoms with E-state index < -0.39 is 0 Å². The van der Waals surface area contributed by atoms with E-state index in [1.54, 1.807) is 11.3 Å². The predicted octanol–water partition coefficient (Wildman–Crippen LogP) is 5.19. The van der Waals surface area contributed by atoms with Crippen molar-refractivity contribution in [1.29, 1.82) is 0 Å². The van der Waals surface area contributed by atoms with Gasteiger partial charge >= 0.3 is 0 Å². The third-order valence-electron chi connectivity index (χ3n) is 3.84. The lowest BCUT2D eigenvalue weighted by Gasteiger charge is -2.17. The summed E-state index contributed by atoms with van der Waals surface area (Å²) in [6.45, 7) is 2.09. The van der Waals surface area contributed by atoms with Gasteiger partial charge in [0.05, 0.1) is 9.16 Å². The Bertz CT molecular complexity index is 357. The van der Waals surface area contributed by atoms with E-state index in [2.05, 4.69) is 28.9 Å². The van der Waals surface area contributed by atoms with Crippen LogP contribution in [0, 0.1) is 24.7 Å². The maximum absolute atomic E-state index is 6.12. The van der Waals surface area contributed by atoms with Gasteiger partial charge < -0.3 is 0 Å². The van der Waals surface area contributed by atoms with Gasteiger partial charge in [0.15, 0.2) is 0 Å². The highest BCUT2D eigenvalue weighted by atomic mass is 79.9. The molecule has 0 aliphatic heterocycles. The Morgan fingerprint density at radius 3 is 2.60 bits per heavy atom. The molecule has 15 heavy (non-hydrogen) atoms. The van der Waals surface area contributed by atoms with Crippen LogP contribution in [0.2, 0.25) is 4.34 Å². The smallest absolute Gasteiger partial charge is 0.0960 e. The highest BCUT2D eigenvalue weighted by molar-refractivity contribution is 9.09. The van der Waals surface area contributed by atoms with Crippen molar-refractivity contribution >= 4 is 38.9 Å². The van der Waals surface area contributed by atoms with Gasteiger partial charge in [-0.3, -0.25) is 0 Å². The van der Waals surface area contributed by atoms with E-state index in [0.29, 0.717) is 4.83 Å². The zero-order valence-corrected chi connectivity index (χ0v) is 11.8. The highest BCUT2D eigenvalue weighted by Crippen LogP contribution is 2.59. The summed E-state index contributed by atoms with van der Waals surface area (Å²) in [7, 11) is 0. The van der Waals surface area contributed by atoms with E-state index >= 15 is 0 Å². The molecule has 2 saturated carbocycles. The minimum absolute atomic E-state index is 0.543. The van der Waals surface area contributed by atoms with Crippen LogP contribution >= 0.6 is 38.9 Å². The highest BCUT2D eigenvalue weighted by Gasteiger charge is 2.47. The average molecular weight is 306 g/mol. The van der Waals surface area contributed by atoms with Gasteiger partial charge in [-0.2, -0.15) is 0 Å². The van der Waals surface area contributed by atoms with E-state index in [0.717, 1.165) is 22.1 Å². The molecule has 3 rings (SSSR count). The Hall–Kier alpha value is 0.470. The summed E-state index contributed by atoms with van der Waals surface area (Å²) in [6.07, 6.45) is 4.35. The minimum atomic E-state index is 0.543. The molecule has 82 valence electrons. The first kappa shape index (κ1) is 10.6. The van der Waals surface area contributed by atoms with Crippen molar-refractivity contribution in [3.05, 3.63) is 20.8 Å². The number of halogens is 2. The molecule has 1 heterocycles. The lowest BCUT2D eigenvalue weighted by atomic mass is 9.98. The number of thiophene rings is 1. The quantitative estimate of drug-likeness (QED) is 0.659. The number of fused-ring (bicyclic) bond motifs is 1. The van der Waals surface area contributed by atoms with Gasteiger partial charge in [0.25, 0.3) is 0 Å². The Morgan fingerprint density at radius 2 is 2.07 bits per heavy atom. The first-order valence-corrected chi connectivity index (χ1v) is 7.66. The normalized spacial score (nSPS) is 35.3. The van der Waals surface area contributed by atoms with Crippen LogP contribution < -0.4 is 0 Å². The van der Waals surface area contributed by atoms with Gasteiger partial charge in [0.1, 0.15) is 0 Å². The molecule has 0 spiro atoms. The number of alkyl halides is 1. The molecule has 0 nitrogen and oxygen atoms in total. The number of rotatable bonds is 2. The largest absolute Gasteiger partial charge is 0.127 e. The summed E-state index contributed by atoms with van der Waals surface area (Å²) >= 11 is 11.7. The summed E-state index contributed by atoms with van der Waals surface area (Å²) in [5, 5.41) is 0. The molecular formula is C12H14BrClS. The molecule has 0 bridgehead atoms. The van der Waals surface area contributed by atoms with E-state index in [1.165, 1.54) is 29.7 Å². The van der Waals surface area contributed by atoms with Gasteiger partial charge in [-0.05, 0) is 55.6 Å². The van der Waals surface area contributed by atoms with Crippen molar-refractivity contribution in [1.82, 2.24) is 0 Å². The molecule has 3 atom stereocenters. The lowest BCUT2D eigenvalue weighted by molar-refractivity contribution is 0.485. The summed E-state index contributed by atoms with van der Waals surface area (Å²) in [5.74, 6) is 2.97. The molecule has 1 aromatic heterocycles. The summed E-state index contributed by atoms with van der Waals surface area (Å²) in [6, 6.07) is 2.25. The van der Waals surface area contributed by atoms with E-state index in [1.807, 2.05) is 0 Å². The predicted molar refractivity (Wildman–Crippen MR) is 70.1 cm³/mol. The van der Waals surface area contributed by atoms with Crippen LogP contribution in [0.5, 0.6) is 0 Å².